The summed E-state index contributed by atoms with van der Waals surface area (Å²) in [6, 6.07) is 9.59. The van der Waals surface area contributed by atoms with Crippen molar-refractivity contribution in [3.63, 3.8) is 0 Å². The number of aliphatic hydroxyl groups is 2. The summed E-state index contributed by atoms with van der Waals surface area (Å²) in [7, 11) is 0. The van der Waals surface area contributed by atoms with Crippen molar-refractivity contribution in [3.8, 4) is 0 Å². The normalized spacial score (nSPS) is 25.0. The van der Waals surface area contributed by atoms with E-state index in [-0.39, 0.29) is 12.4 Å². The highest BCUT2D eigenvalue weighted by atomic mass is 16.8. The molecule has 2 heterocycles. The zero-order valence-electron chi connectivity index (χ0n) is 12.6. The summed E-state index contributed by atoms with van der Waals surface area (Å²) in [5.74, 6) is -0.167. The van der Waals surface area contributed by atoms with Crippen LogP contribution in [-0.2, 0) is 25.6 Å². The molecule has 1 saturated heterocycles. The molecule has 0 unspecified atom stereocenters. The van der Waals surface area contributed by atoms with Crippen LogP contribution in [0.25, 0.3) is 0 Å². The van der Waals surface area contributed by atoms with Crippen molar-refractivity contribution < 1.29 is 29.2 Å². The lowest BCUT2D eigenvalue weighted by atomic mass is 10.0. The number of benzene rings is 1. The molecule has 3 rings (SSSR count). The Kier molecular flexibility index (Phi) is 3.86. The molecule has 0 amide bonds. The van der Waals surface area contributed by atoms with Gasteiger partial charge in [0.1, 0.15) is 6.61 Å². The van der Waals surface area contributed by atoms with E-state index >= 15 is 0 Å². The summed E-state index contributed by atoms with van der Waals surface area (Å²) in [6.07, 6.45) is -0.778. The molecule has 0 aromatic heterocycles. The molecule has 1 fully saturated rings. The fourth-order valence-electron chi connectivity index (χ4n) is 2.56. The van der Waals surface area contributed by atoms with Gasteiger partial charge in [0.05, 0.1) is 13.2 Å². The Morgan fingerprint density at radius 2 is 1.77 bits per heavy atom. The van der Waals surface area contributed by atoms with Gasteiger partial charge in [-0.15, -0.1) is 0 Å². The summed E-state index contributed by atoms with van der Waals surface area (Å²) in [5, 5.41) is 19.3. The van der Waals surface area contributed by atoms with Gasteiger partial charge in [0.25, 0.3) is 0 Å². The van der Waals surface area contributed by atoms with Crippen molar-refractivity contribution in [2.24, 2.45) is 0 Å². The Balaban J connectivity index is 1.87. The minimum atomic E-state index is -1.34. The maximum atomic E-state index is 9.66. The third kappa shape index (κ3) is 2.59. The van der Waals surface area contributed by atoms with Gasteiger partial charge in [-0.25, -0.2) is 0 Å². The zero-order valence-corrected chi connectivity index (χ0v) is 12.6. The number of ether oxygens (including phenoxy) is 4. The highest BCUT2D eigenvalue weighted by Crippen LogP contribution is 2.45. The van der Waals surface area contributed by atoms with Crippen molar-refractivity contribution >= 4 is 0 Å². The van der Waals surface area contributed by atoms with Crippen LogP contribution >= 0.6 is 0 Å². The van der Waals surface area contributed by atoms with Crippen molar-refractivity contribution in [1.29, 1.82) is 0 Å². The third-order valence-corrected chi connectivity index (χ3v) is 3.67. The predicted octanol–water partition coefficient (Wildman–Crippen LogP) is 1.28. The van der Waals surface area contributed by atoms with Crippen LogP contribution in [0.3, 0.4) is 0 Å². The van der Waals surface area contributed by atoms with Gasteiger partial charge in [0.2, 0.25) is 12.1 Å². The van der Waals surface area contributed by atoms with Crippen LogP contribution in [0.1, 0.15) is 19.4 Å². The van der Waals surface area contributed by atoms with E-state index in [2.05, 4.69) is 0 Å². The van der Waals surface area contributed by atoms with Crippen LogP contribution in [0.2, 0.25) is 0 Å². The SMILES string of the molecule is CC1(C)OC2=C(OCc3ccccc3)C(CO)(CO)O[C@@H]2O1. The third-order valence-electron chi connectivity index (χ3n) is 3.67. The summed E-state index contributed by atoms with van der Waals surface area (Å²) in [6.45, 7) is 2.94. The molecule has 0 spiro atoms. The van der Waals surface area contributed by atoms with E-state index in [1.165, 1.54) is 0 Å². The summed E-state index contributed by atoms with van der Waals surface area (Å²) in [5.41, 5.74) is -0.382. The van der Waals surface area contributed by atoms with E-state index in [9.17, 15) is 10.2 Å². The first-order valence-electron chi connectivity index (χ1n) is 7.17. The molecule has 0 bridgehead atoms. The van der Waals surface area contributed by atoms with Crippen LogP contribution in [0.4, 0.5) is 0 Å². The zero-order chi connectivity index (χ0) is 15.8. The average Bonchev–Trinajstić information content (AvgIpc) is 2.95. The number of hydrogen-bond acceptors (Lipinski definition) is 6. The van der Waals surface area contributed by atoms with Crippen LogP contribution in [-0.4, -0.2) is 41.1 Å². The van der Waals surface area contributed by atoms with Gasteiger partial charge in [-0.2, -0.15) is 0 Å². The van der Waals surface area contributed by atoms with E-state index < -0.39 is 30.9 Å². The molecule has 0 saturated carbocycles. The second-order valence-corrected chi connectivity index (χ2v) is 5.85. The average molecular weight is 308 g/mol. The fourth-order valence-corrected chi connectivity index (χ4v) is 2.56. The Morgan fingerprint density at radius 3 is 2.41 bits per heavy atom. The molecule has 0 radical (unpaired) electrons. The maximum Gasteiger partial charge on any atom is 0.225 e. The second kappa shape index (κ2) is 5.55. The Bertz CT molecular complexity index is 561. The molecular weight excluding hydrogens is 288 g/mol. The van der Waals surface area contributed by atoms with Crippen LogP contribution in [0.5, 0.6) is 0 Å². The number of fused-ring (bicyclic) bond motifs is 1. The highest BCUT2D eigenvalue weighted by molar-refractivity contribution is 5.26. The van der Waals surface area contributed by atoms with Crippen molar-refractivity contribution in [1.82, 2.24) is 0 Å². The molecule has 1 aromatic carbocycles. The molecule has 2 aliphatic rings. The molecule has 120 valence electrons. The van der Waals surface area contributed by atoms with Crippen LogP contribution in [0, 0.1) is 0 Å². The molecular formula is C16H20O6. The maximum absolute atomic E-state index is 9.66. The summed E-state index contributed by atoms with van der Waals surface area (Å²) < 4.78 is 22.8. The van der Waals surface area contributed by atoms with E-state index in [0.717, 1.165) is 5.56 Å². The predicted molar refractivity (Wildman–Crippen MR) is 76.3 cm³/mol. The molecule has 2 N–H and O–H groups in total. The first kappa shape index (κ1) is 15.3. The van der Waals surface area contributed by atoms with E-state index in [4.69, 9.17) is 18.9 Å². The number of aliphatic hydroxyl groups excluding tert-OH is 2. The number of rotatable bonds is 5. The first-order valence-corrected chi connectivity index (χ1v) is 7.17. The van der Waals surface area contributed by atoms with E-state index in [0.29, 0.717) is 5.76 Å². The lowest BCUT2D eigenvalue weighted by Gasteiger charge is -2.29. The molecule has 22 heavy (non-hydrogen) atoms. The van der Waals surface area contributed by atoms with Crippen LogP contribution < -0.4 is 0 Å². The molecule has 1 atom stereocenters. The summed E-state index contributed by atoms with van der Waals surface area (Å²) in [4.78, 5) is 0. The highest BCUT2D eigenvalue weighted by Gasteiger charge is 2.56. The van der Waals surface area contributed by atoms with Gasteiger partial charge in [-0.3, -0.25) is 0 Å². The van der Waals surface area contributed by atoms with Gasteiger partial charge in [-0.05, 0) is 5.56 Å². The van der Waals surface area contributed by atoms with E-state index in [1.807, 2.05) is 30.3 Å². The lowest BCUT2D eigenvalue weighted by Crippen LogP contribution is -2.43. The molecule has 0 aliphatic carbocycles. The smallest absolute Gasteiger partial charge is 0.225 e. The Labute approximate surface area is 128 Å². The quantitative estimate of drug-likeness (QED) is 0.853. The topological polar surface area (TPSA) is 77.4 Å². The van der Waals surface area contributed by atoms with Gasteiger partial charge in [0.15, 0.2) is 17.1 Å². The second-order valence-electron chi connectivity index (χ2n) is 5.85. The first-order chi connectivity index (χ1) is 10.5. The van der Waals surface area contributed by atoms with Crippen molar-refractivity contribution in [2.75, 3.05) is 13.2 Å². The molecule has 1 aromatic rings. The minimum Gasteiger partial charge on any atom is -0.486 e. The minimum absolute atomic E-state index is 0.279. The lowest BCUT2D eigenvalue weighted by molar-refractivity contribution is -0.236. The van der Waals surface area contributed by atoms with Crippen molar-refractivity contribution in [2.45, 2.75) is 38.1 Å². The Hall–Kier alpha value is -1.60. The van der Waals surface area contributed by atoms with Crippen LogP contribution in [0.15, 0.2) is 41.9 Å². The fraction of sp³-hybridized carbons (Fsp3) is 0.500. The largest absolute Gasteiger partial charge is 0.486 e. The van der Waals surface area contributed by atoms with Gasteiger partial charge >= 0.3 is 0 Å². The standard InChI is InChI=1S/C16H20O6/c1-15(2)20-12-13(19-8-11-6-4-3-5-7-11)16(9-17,10-18)22-14(12)21-15/h3-7,14,17-18H,8-10H2,1-2H3/t14-/m0/s1. The molecule has 6 nitrogen and oxygen atoms in total. The molecule has 6 heteroatoms. The number of hydrogen-bond donors (Lipinski definition) is 2. The molecule has 2 aliphatic heterocycles. The monoisotopic (exact) mass is 308 g/mol. The van der Waals surface area contributed by atoms with E-state index in [1.54, 1.807) is 13.8 Å². The summed E-state index contributed by atoms with van der Waals surface area (Å²) >= 11 is 0. The van der Waals surface area contributed by atoms with Gasteiger partial charge in [-0.1, -0.05) is 30.3 Å². The van der Waals surface area contributed by atoms with Gasteiger partial charge in [0, 0.05) is 13.8 Å². The van der Waals surface area contributed by atoms with Crippen molar-refractivity contribution in [3.05, 3.63) is 47.4 Å². The van der Waals surface area contributed by atoms with Gasteiger partial charge < -0.3 is 29.2 Å². The Morgan fingerprint density at radius 1 is 1.09 bits per heavy atom.